The average Bonchev–Trinajstić information content (AvgIpc) is 3.15. The molecule has 0 atom stereocenters. The lowest BCUT2D eigenvalue weighted by atomic mass is 10.0. The zero-order valence-electron chi connectivity index (χ0n) is 12.2. The summed E-state index contributed by atoms with van der Waals surface area (Å²) < 4.78 is 1.19. The zero-order chi connectivity index (χ0) is 14.9. The monoisotopic (exact) mass is 279 g/mol. The van der Waals surface area contributed by atoms with Crippen molar-refractivity contribution in [2.24, 2.45) is 12.5 Å². The number of aryl methyl sites for hydroxylation is 2. The molecule has 1 heterocycles. The molecule has 1 aromatic heterocycles. The van der Waals surface area contributed by atoms with Crippen LogP contribution < -0.4 is 10.9 Å². The van der Waals surface area contributed by atoms with Gasteiger partial charge in [-0.15, -0.1) is 0 Å². The Labute approximate surface area is 117 Å². The lowest BCUT2D eigenvalue weighted by Crippen LogP contribution is -2.37. The van der Waals surface area contributed by atoms with Crippen molar-refractivity contribution in [2.75, 3.05) is 13.2 Å². The van der Waals surface area contributed by atoms with E-state index in [9.17, 15) is 9.59 Å². The lowest BCUT2D eigenvalue weighted by molar-refractivity contribution is 0.0937. The second kappa shape index (κ2) is 5.36. The van der Waals surface area contributed by atoms with Crippen molar-refractivity contribution in [2.45, 2.75) is 33.1 Å². The molecule has 1 saturated carbocycles. The first-order chi connectivity index (χ1) is 9.40. The highest BCUT2D eigenvalue weighted by molar-refractivity contribution is 5.95. The van der Waals surface area contributed by atoms with Gasteiger partial charge in [-0.1, -0.05) is 0 Å². The van der Waals surface area contributed by atoms with E-state index in [2.05, 4.69) is 10.4 Å². The molecule has 0 bridgehead atoms. The fourth-order valence-corrected chi connectivity index (χ4v) is 2.40. The second-order valence-electron chi connectivity index (χ2n) is 5.67. The standard InChI is InChI=1S/C14H21N3O3/c1-9-10(2)16-17(3)13(20)11(9)12(19)15-8-14(4-5-14)6-7-18/h18H,4-8H2,1-3H3,(H,15,19). The van der Waals surface area contributed by atoms with Crippen LogP contribution in [-0.4, -0.2) is 33.9 Å². The van der Waals surface area contributed by atoms with Crippen molar-refractivity contribution in [1.29, 1.82) is 0 Å². The minimum absolute atomic E-state index is 0.0334. The Hall–Kier alpha value is -1.69. The summed E-state index contributed by atoms with van der Waals surface area (Å²) in [7, 11) is 1.54. The van der Waals surface area contributed by atoms with E-state index in [0.29, 0.717) is 24.2 Å². The van der Waals surface area contributed by atoms with Gasteiger partial charge in [-0.05, 0) is 44.1 Å². The van der Waals surface area contributed by atoms with Gasteiger partial charge in [-0.3, -0.25) is 9.59 Å². The van der Waals surface area contributed by atoms with Gasteiger partial charge in [0.1, 0.15) is 5.56 Å². The van der Waals surface area contributed by atoms with Gasteiger partial charge in [0.25, 0.3) is 11.5 Å². The Kier molecular flexibility index (Phi) is 3.94. The number of carbonyl (C=O) groups excluding carboxylic acids is 1. The molecule has 6 nitrogen and oxygen atoms in total. The molecule has 2 rings (SSSR count). The van der Waals surface area contributed by atoms with E-state index in [0.717, 1.165) is 12.8 Å². The Morgan fingerprint density at radius 1 is 1.45 bits per heavy atom. The van der Waals surface area contributed by atoms with Gasteiger partial charge >= 0.3 is 0 Å². The third-order valence-electron chi connectivity index (χ3n) is 4.18. The number of rotatable bonds is 5. The van der Waals surface area contributed by atoms with Crippen LogP contribution in [0.2, 0.25) is 0 Å². The summed E-state index contributed by atoms with van der Waals surface area (Å²) in [5.41, 5.74) is 1.12. The number of aromatic nitrogens is 2. The third kappa shape index (κ3) is 2.75. The Bertz CT molecular complexity index is 588. The van der Waals surface area contributed by atoms with Crippen molar-refractivity contribution < 1.29 is 9.90 Å². The minimum Gasteiger partial charge on any atom is -0.396 e. The topological polar surface area (TPSA) is 84.2 Å². The fourth-order valence-electron chi connectivity index (χ4n) is 2.40. The van der Waals surface area contributed by atoms with Crippen LogP contribution in [0.15, 0.2) is 4.79 Å². The zero-order valence-corrected chi connectivity index (χ0v) is 12.2. The van der Waals surface area contributed by atoms with Crippen LogP contribution in [0.3, 0.4) is 0 Å². The van der Waals surface area contributed by atoms with Gasteiger partial charge < -0.3 is 10.4 Å². The van der Waals surface area contributed by atoms with Crippen LogP contribution in [0.1, 0.15) is 40.9 Å². The maximum atomic E-state index is 12.3. The minimum atomic E-state index is -0.377. The number of hydrogen-bond donors (Lipinski definition) is 2. The predicted molar refractivity (Wildman–Crippen MR) is 74.7 cm³/mol. The Morgan fingerprint density at radius 2 is 2.10 bits per heavy atom. The summed E-state index contributed by atoms with van der Waals surface area (Å²) in [5, 5.41) is 15.9. The van der Waals surface area contributed by atoms with E-state index in [1.807, 2.05) is 0 Å². The number of nitrogens with one attached hydrogen (secondary N) is 1. The van der Waals surface area contributed by atoms with E-state index in [4.69, 9.17) is 5.11 Å². The van der Waals surface area contributed by atoms with Crippen LogP contribution in [-0.2, 0) is 7.05 Å². The van der Waals surface area contributed by atoms with Crippen molar-refractivity contribution in [3.8, 4) is 0 Å². The number of aliphatic hydroxyl groups excluding tert-OH is 1. The van der Waals surface area contributed by atoms with Crippen LogP contribution in [0, 0.1) is 19.3 Å². The third-order valence-corrected chi connectivity index (χ3v) is 4.18. The first kappa shape index (κ1) is 14.7. The normalized spacial score (nSPS) is 16.0. The van der Waals surface area contributed by atoms with E-state index < -0.39 is 0 Å². The SMILES string of the molecule is Cc1nn(C)c(=O)c(C(=O)NCC2(CCO)CC2)c1C. The van der Waals surface area contributed by atoms with E-state index >= 15 is 0 Å². The number of carbonyl (C=O) groups is 1. The average molecular weight is 279 g/mol. The van der Waals surface area contributed by atoms with Crippen molar-refractivity contribution in [3.63, 3.8) is 0 Å². The largest absolute Gasteiger partial charge is 0.396 e. The second-order valence-corrected chi connectivity index (χ2v) is 5.67. The molecule has 0 aromatic carbocycles. The number of aliphatic hydroxyl groups is 1. The molecule has 6 heteroatoms. The number of hydrogen-bond acceptors (Lipinski definition) is 4. The van der Waals surface area contributed by atoms with Gasteiger partial charge in [-0.25, -0.2) is 4.68 Å². The summed E-state index contributed by atoms with van der Waals surface area (Å²) in [6.07, 6.45) is 2.72. The van der Waals surface area contributed by atoms with Gasteiger partial charge in [0.15, 0.2) is 0 Å². The van der Waals surface area contributed by atoms with Crippen LogP contribution in [0.4, 0.5) is 0 Å². The highest BCUT2D eigenvalue weighted by Crippen LogP contribution is 2.47. The van der Waals surface area contributed by atoms with E-state index in [1.54, 1.807) is 20.9 Å². The van der Waals surface area contributed by atoms with Gasteiger partial charge in [0.2, 0.25) is 0 Å². The fraction of sp³-hybridized carbons (Fsp3) is 0.643. The molecule has 0 aliphatic heterocycles. The number of amides is 1. The molecule has 20 heavy (non-hydrogen) atoms. The molecule has 0 saturated heterocycles. The van der Waals surface area contributed by atoms with Crippen molar-refractivity contribution in [3.05, 3.63) is 27.2 Å². The summed E-state index contributed by atoms with van der Waals surface area (Å²) >= 11 is 0. The maximum absolute atomic E-state index is 12.3. The molecule has 110 valence electrons. The Morgan fingerprint density at radius 3 is 2.65 bits per heavy atom. The quantitative estimate of drug-likeness (QED) is 0.811. The van der Waals surface area contributed by atoms with E-state index in [-0.39, 0.29) is 29.1 Å². The summed E-state index contributed by atoms with van der Waals surface area (Å²) in [5.74, 6) is -0.349. The molecule has 1 aromatic rings. The first-order valence-corrected chi connectivity index (χ1v) is 6.84. The molecule has 0 spiro atoms. The summed E-state index contributed by atoms with van der Waals surface area (Å²) in [4.78, 5) is 24.3. The highest BCUT2D eigenvalue weighted by Gasteiger charge is 2.42. The molecule has 0 radical (unpaired) electrons. The molecule has 0 unspecified atom stereocenters. The van der Waals surface area contributed by atoms with Crippen LogP contribution >= 0.6 is 0 Å². The predicted octanol–water partition coefficient (Wildman–Crippen LogP) is 0.290. The van der Waals surface area contributed by atoms with Gasteiger partial charge in [-0.2, -0.15) is 5.10 Å². The Balaban J connectivity index is 2.16. The molecule has 1 amide bonds. The number of nitrogens with zero attached hydrogens (tertiary/aromatic N) is 2. The van der Waals surface area contributed by atoms with Crippen molar-refractivity contribution >= 4 is 5.91 Å². The molecule has 2 N–H and O–H groups in total. The molecule has 1 fully saturated rings. The highest BCUT2D eigenvalue weighted by atomic mass is 16.3. The van der Waals surface area contributed by atoms with Crippen molar-refractivity contribution in [1.82, 2.24) is 15.1 Å². The summed E-state index contributed by atoms with van der Waals surface area (Å²) in [6.45, 7) is 4.15. The maximum Gasteiger partial charge on any atom is 0.279 e. The molecular formula is C14H21N3O3. The van der Waals surface area contributed by atoms with Crippen LogP contribution in [0.5, 0.6) is 0 Å². The van der Waals surface area contributed by atoms with Gasteiger partial charge in [0, 0.05) is 20.2 Å². The van der Waals surface area contributed by atoms with Gasteiger partial charge in [0.05, 0.1) is 5.69 Å². The molecule has 1 aliphatic rings. The molecule has 1 aliphatic carbocycles. The summed E-state index contributed by atoms with van der Waals surface area (Å²) in [6, 6.07) is 0. The first-order valence-electron chi connectivity index (χ1n) is 6.84. The van der Waals surface area contributed by atoms with Crippen LogP contribution in [0.25, 0.3) is 0 Å². The lowest BCUT2D eigenvalue weighted by Gasteiger charge is -2.15. The molecular weight excluding hydrogens is 258 g/mol. The van der Waals surface area contributed by atoms with E-state index in [1.165, 1.54) is 4.68 Å². The smallest absolute Gasteiger partial charge is 0.279 e.